The summed E-state index contributed by atoms with van der Waals surface area (Å²) in [5.41, 5.74) is 5.23. The van der Waals surface area contributed by atoms with Gasteiger partial charge in [0.25, 0.3) is 0 Å². The summed E-state index contributed by atoms with van der Waals surface area (Å²) >= 11 is 0. The molecule has 1 atom stereocenters. The first kappa shape index (κ1) is 12.1. The second-order valence-corrected chi connectivity index (χ2v) is 3.59. The van der Waals surface area contributed by atoms with Crippen molar-refractivity contribution in [3.8, 4) is 0 Å². The number of nitrogens with two attached hydrogens (primary N) is 1. The predicted molar refractivity (Wildman–Crippen MR) is 52.1 cm³/mol. The molecule has 12 heavy (non-hydrogen) atoms. The zero-order valence-corrected chi connectivity index (χ0v) is 7.18. The van der Waals surface area contributed by atoms with Crippen molar-refractivity contribution < 1.29 is 4.79 Å². The van der Waals surface area contributed by atoms with E-state index in [0.717, 1.165) is 0 Å². The standard InChI is InChI=1S/C9H17NO.Li.H/c1-7(9(10)11)8-5-3-2-4-6-8;;/h7-8H,2-6H2,1H3,(H2,10,11);;. The molecule has 0 bridgehead atoms. The van der Waals surface area contributed by atoms with E-state index in [1.54, 1.807) is 0 Å². The number of carbonyl (C=O) groups excluding carboxylic acids is 1. The van der Waals surface area contributed by atoms with Gasteiger partial charge in [-0.3, -0.25) is 4.79 Å². The van der Waals surface area contributed by atoms with Gasteiger partial charge in [0.1, 0.15) is 0 Å². The van der Waals surface area contributed by atoms with Crippen molar-refractivity contribution in [1.29, 1.82) is 0 Å². The van der Waals surface area contributed by atoms with E-state index in [9.17, 15) is 4.79 Å². The van der Waals surface area contributed by atoms with E-state index in [1.165, 1.54) is 32.1 Å². The van der Waals surface area contributed by atoms with Gasteiger partial charge < -0.3 is 5.73 Å². The fourth-order valence-electron chi connectivity index (χ4n) is 1.87. The van der Waals surface area contributed by atoms with Crippen LogP contribution in [-0.2, 0) is 4.79 Å². The van der Waals surface area contributed by atoms with Crippen LogP contribution < -0.4 is 5.73 Å². The first-order valence-corrected chi connectivity index (χ1v) is 4.51. The average molecular weight is 163 g/mol. The first-order valence-electron chi connectivity index (χ1n) is 4.51. The van der Waals surface area contributed by atoms with Gasteiger partial charge in [-0.2, -0.15) is 0 Å². The molecule has 0 spiro atoms. The van der Waals surface area contributed by atoms with E-state index in [2.05, 4.69) is 0 Å². The van der Waals surface area contributed by atoms with Gasteiger partial charge in [-0.25, -0.2) is 0 Å². The summed E-state index contributed by atoms with van der Waals surface area (Å²) in [7, 11) is 0. The summed E-state index contributed by atoms with van der Waals surface area (Å²) < 4.78 is 0. The molecule has 0 aromatic rings. The molecule has 2 nitrogen and oxygen atoms in total. The maximum absolute atomic E-state index is 10.8. The van der Waals surface area contributed by atoms with Crippen LogP contribution in [0.4, 0.5) is 0 Å². The third kappa shape index (κ3) is 3.21. The summed E-state index contributed by atoms with van der Waals surface area (Å²) in [5, 5.41) is 0. The Kier molecular flexibility index (Phi) is 5.70. The molecule has 1 saturated carbocycles. The normalized spacial score (nSPS) is 21.1. The topological polar surface area (TPSA) is 43.1 Å². The molecule has 2 N–H and O–H groups in total. The molecule has 1 aliphatic carbocycles. The second kappa shape index (κ2) is 5.67. The SMILES string of the molecule is CC(C(N)=O)C1CCCCC1.[LiH]. The summed E-state index contributed by atoms with van der Waals surface area (Å²) in [5.74, 6) is 0.536. The third-order valence-corrected chi connectivity index (χ3v) is 2.81. The van der Waals surface area contributed by atoms with Crippen molar-refractivity contribution in [3.63, 3.8) is 0 Å². The Labute approximate surface area is 86.5 Å². The minimum absolute atomic E-state index is 0. The number of carbonyl (C=O) groups is 1. The van der Waals surface area contributed by atoms with Crippen LogP contribution in [0.15, 0.2) is 0 Å². The number of hydrogen-bond donors (Lipinski definition) is 1. The Balaban J connectivity index is 0.00000121. The van der Waals surface area contributed by atoms with Gasteiger partial charge in [0.05, 0.1) is 0 Å². The van der Waals surface area contributed by atoms with Crippen LogP contribution in [0, 0.1) is 11.8 Å². The van der Waals surface area contributed by atoms with Gasteiger partial charge >= 0.3 is 18.9 Å². The van der Waals surface area contributed by atoms with E-state index in [4.69, 9.17) is 5.73 Å². The molecule has 3 heteroatoms. The molecule has 66 valence electrons. The zero-order valence-electron chi connectivity index (χ0n) is 7.18. The average Bonchev–Trinajstić information content (AvgIpc) is 2.05. The number of rotatable bonds is 2. The van der Waals surface area contributed by atoms with E-state index in [-0.39, 0.29) is 30.7 Å². The predicted octanol–water partition coefficient (Wildman–Crippen LogP) is 1.04. The number of amides is 1. The van der Waals surface area contributed by atoms with Crippen molar-refractivity contribution in [1.82, 2.24) is 0 Å². The molecule has 0 radical (unpaired) electrons. The molecule has 1 unspecified atom stereocenters. The Morgan fingerprint density at radius 1 is 1.33 bits per heavy atom. The van der Waals surface area contributed by atoms with Crippen LogP contribution in [0.5, 0.6) is 0 Å². The van der Waals surface area contributed by atoms with Crippen LogP contribution in [0.25, 0.3) is 0 Å². The molecule has 0 aromatic carbocycles. The first-order chi connectivity index (χ1) is 5.22. The molecule has 0 aliphatic heterocycles. The second-order valence-electron chi connectivity index (χ2n) is 3.59. The summed E-state index contributed by atoms with van der Waals surface area (Å²) in [6, 6.07) is 0. The zero-order chi connectivity index (χ0) is 8.27. The van der Waals surface area contributed by atoms with Crippen LogP contribution in [0.3, 0.4) is 0 Å². The third-order valence-electron chi connectivity index (χ3n) is 2.81. The fourth-order valence-corrected chi connectivity index (χ4v) is 1.87. The van der Waals surface area contributed by atoms with Crippen molar-refractivity contribution in [2.45, 2.75) is 39.0 Å². The molecule has 1 rings (SSSR count). The van der Waals surface area contributed by atoms with Gasteiger partial charge in [0.2, 0.25) is 5.91 Å². The van der Waals surface area contributed by atoms with E-state index in [1.807, 2.05) is 6.92 Å². The molecule has 0 saturated heterocycles. The van der Waals surface area contributed by atoms with E-state index in [0.29, 0.717) is 5.92 Å². The van der Waals surface area contributed by atoms with Gasteiger partial charge in [-0.05, 0) is 18.8 Å². The van der Waals surface area contributed by atoms with Gasteiger partial charge in [-0.15, -0.1) is 0 Å². The number of primary amides is 1. The Hall–Kier alpha value is 0.0674. The molecule has 1 amide bonds. The Morgan fingerprint density at radius 2 is 1.83 bits per heavy atom. The number of hydrogen-bond acceptors (Lipinski definition) is 1. The molecular formula is C9H18LiNO. The molecule has 0 heterocycles. The Morgan fingerprint density at radius 3 is 2.25 bits per heavy atom. The molecule has 1 fully saturated rings. The summed E-state index contributed by atoms with van der Waals surface area (Å²) in [6.45, 7) is 1.96. The van der Waals surface area contributed by atoms with Gasteiger partial charge in [0, 0.05) is 5.92 Å². The van der Waals surface area contributed by atoms with Gasteiger partial charge in [-0.1, -0.05) is 26.2 Å². The van der Waals surface area contributed by atoms with Gasteiger partial charge in [0.15, 0.2) is 0 Å². The fraction of sp³-hybridized carbons (Fsp3) is 0.889. The van der Waals surface area contributed by atoms with Crippen molar-refractivity contribution in [3.05, 3.63) is 0 Å². The molecule has 1 aliphatic rings. The molecule has 0 aromatic heterocycles. The summed E-state index contributed by atoms with van der Waals surface area (Å²) in [4.78, 5) is 10.8. The quantitative estimate of drug-likeness (QED) is 0.607. The van der Waals surface area contributed by atoms with Crippen LogP contribution >= 0.6 is 0 Å². The maximum atomic E-state index is 10.8. The van der Waals surface area contributed by atoms with Crippen molar-refractivity contribution in [2.24, 2.45) is 17.6 Å². The van der Waals surface area contributed by atoms with Crippen LogP contribution in [0.2, 0.25) is 0 Å². The van der Waals surface area contributed by atoms with E-state index < -0.39 is 0 Å². The monoisotopic (exact) mass is 163 g/mol. The minimum atomic E-state index is -0.128. The van der Waals surface area contributed by atoms with Crippen molar-refractivity contribution >= 4 is 24.8 Å². The van der Waals surface area contributed by atoms with Crippen molar-refractivity contribution in [2.75, 3.05) is 0 Å². The Bertz CT molecular complexity index is 143. The van der Waals surface area contributed by atoms with Crippen LogP contribution in [-0.4, -0.2) is 24.8 Å². The van der Waals surface area contributed by atoms with E-state index >= 15 is 0 Å². The van der Waals surface area contributed by atoms with Crippen LogP contribution in [0.1, 0.15) is 39.0 Å². The summed E-state index contributed by atoms with van der Waals surface area (Å²) in [6.07, 6.45) is 6.29. The molecular weight excluding hydrogens is 145 g/mol.